The fraction of sp³-hybridized carbons (Fsp3) is 0.364. The molecule has 28 heavy (non-hydrogen) atoms. The van der Waals surface area contributed by atoms with Gasteiger partial charge in [-0.1, -0.05) is 30.3 Å². The number of rotatable bonds is 7. The average molecular weight is 386 g/mol. The van der Waals surface area contributed by atoms with Gasteiger partial charge in [0.05, 0.1) is 7.05 Å². The fourth-order valence-electron chi connectivity index (χ4n) is 2.94. The summed E-state index contributed by atoms with van der Waals surface area (Å²) < 4.78 is 13.0. The van der Waals surface area contributed by atoms with Crippen molar-refractivity contribution in [2.75, 3.05) is 25.5 Å². The van der Waals surface area contributed by atoms with E-state index in [2.05, 4.69) is 5.32 Å². The number of hydrogen-bond donors (Lipinski definition) is 2. The number of anilines is 1. The maximum atomic E-state index is 13.0. The van der Waals surface area contributed by atoms with Crippen molar-refractivity contribution < 1.29 is 18.9 Å². The van der Waals surface area contributed by atoms with Crippen LogP contribution in [0.25, 0.3) is 0 Å². The Bertz CT molecular complexity index is 786. The maximum Gasteiger partial charge on any atom is 0.278 e. The SMILES string of the molecule is C[NH+](CC(=O)N(CC(=O)Nc1ccc(F)cc1)C(C)(C)C)Cc1ccccc1. The Hall–Kier alpha value is -2.73. The van der Waals surface area contributed by atoms with E-state index in [0.717, 1.165) is 17.0 Å². The lowest BCUT2D eigenvalue weighted by atomic mass is 10.1. The van der Waals surface area contributed by atoms with Crippen LogP contribution in [0.5, 0.6) is 0 Å². The molecule has 0 fully saturated rings. The van der Waals surface area contributed by atoms with Crippen LogP contribution < -0.4 is 10.2 Å². The molecular formula is C22H29FN3O2+. The molecule has 2 amide bonds. The first kappa shape index (κ1) is 21.6. The molecule has 0 spiro atoms. The summed E-state index contributed by atoms with van der Waals surface area (Å²) in [5, 5.41) is 2.71. The van der Waals surface area contributed by atoms with E-state index >= 15 is 0 Å². The van der Waals surface area contributed by atoms with Gasteiger partial charge >= 0.3 is 0 Å². The molecule has 0 aliphatic rings. The van der Waals surface area contributed by atoms with Crippen LogP contribution in [0.15, 0.2) is 54.6 Å². The Morgan fingerprint density at radius 1 is 1.04 bits per heavy atom. The molecular weight excluding hydrogens is 357 g/mol. The van der Waals surface area contributed by atoms with Crippen molar-refractivity contribution in [3.05, 3.63) is 66.0 Å². The Morgan fingerprint density at radius 3 is 2.21 bits per heavy atom. The molecule has 2 aromatic rings. The molecule has 0 saturated carbocycles. The van der Waals surface area contributed by atoms with Gasteiger partial charge in [0.15, 0.2) is 6.54 Å². The summed E-state index contributed by atoms with van der Waals surface area (Å²) in [7, 11) is 1.96. The Morgan fingerprint density at radius 2 is 1.64 bits per heavy atom. The van der Waals surface area contributed by atoms with Gasteiger partial charge in [-0.15, -0.1) is 0 Å². The van der Waals surface area contributed by atoms with Crippen molar-refractivity contribution in [2.45, 2.75) is 32.9 Å². The van der Waals surface area contributed by atoms with Crippen LogP contribution in [0.2, 0.25) is 0 Å². The molecule has 2 N–H and O–H groups in total. The highest BCUT2D eigenvalue weighted by Gasteiger charge is 2.30. The normalized spacial score (nSPS) is 12.3. The molecule has 1 unspecified atom stereocenters. The Labute approximate surface area is 166 Å². The van der Waals surface area contributed by atoms with Crippen LogP contribution in [0, 0.1) is 5.82 Å². The number of quaternary nitrogens is 1. The monoisotopic (exact) mass is 386 g/mol. The first-order valence-corrected chi connectivity index (χ1v) is 9.36. The number of hydrogen-bond acceptors (Lipinski definition) is 2. The van der Waals surface area contributed by atoms with Crippen LogP contribution in [0.1, 0.15) is 26.3 Å². The molecule has 0 bridgehead atoms. The van der Waals surface area contributed by atoms with E-state index in [1.54, 1.807) is 4.90 Å². The molecule has 6 heteroatoms. The lowest BCUT2D eigenvalue weighted by Gasteiger charge is -2.35. The lowest BCUT2D eigenvalue weighted by Crippen LogP contribution is -3.09. The smallest absolute Gasteiger partial charge is 0.278 e. The van der Waals surface area contributed by atoms with E-state index in [1.807, 2.05) is 58.2 Å². The third-order valence-corrected chi connectivity index (χ3v) is 4.34. The van der Waals surface area contributed by atoms with Gasteiger partial charge in [0, 0.05) is 16.8 Å². The minimum absolute atomic E-state index is 0.0572. The summed E-state index contributed by atoms with van der Waals surface area (Å²) in [4.78, 5) is 28.0. The zero-order chi connectivity index (χ0) is 20.7. The third-order valence-electron chi connectivity index (χ3n) is 4.34. The number of amides is 2. The molecule has 0 radical (unpaired) electrons. The largest absolute Gasteiger partial charge is 0.326 e. The Balaban J connectivity index is 1.98. The third kappa shape index (κ3) is 6.78. The van der Waals surface area contributed by atoms with Gasteiger partial charge in [-0.3, -0.25) is 9.59 Å². The molecule has 5 nitrogen and oxygen atoms in total. The summed E-state index contributed by atoms with van der Waals surface area (Å²) in [6.45, 7) is 6.68. The quantitative estimate of drug-likeness (QED) is 0.766. The first-order chi connectivity index (χ1) is 13.1. The van der Waals surface area contributed by atoms with Crippen LogP contribution in [0.3, 0.4) is 0 Å². The Kier molecular flexibility index (Phi) is 7.29. The summed E-state index contributed by atoms with van der Waals surface area (Å²) in [6.07, 6.45) is 0. The van der Waals surface area contributed by atoms with Crippen molar-refractivity contribution in [2.24, 2.45) is 0 Å². The standard InChI is InChI=1S/C22H28FN3O2/c1-22(2,3)26(15-20(27)24-19-12-10-18(23)11-13-19)21(28)16-25(4)14-17-8-6-5-7-9-17/h5-13H,14-16H2,1-4H3,(H,24,27)/p+1. The summed E-state index contributed by atoms with van der Waals surface area (Å²) >= 11 is 0. The van der Waals surface area contributed by atoms with Gasteiger partial charge in [-0.25, -0.2) is 4.39 Å². The lowest BCUT2D eigenvalue weighted by molar-refractivity contribution is -0.885. The molecule has 0 aromatic heterocycles. The van der Waals surface area contributed by atoms with Crippen molar-refractivity contribution in [1.82, 2.24) is 4.90 Å². The molecule has 0 saturated heterocycles. The highest BCUT2D eigenvalue weighted by molar-refractivity contribution is 5.94. The molecule has 0 aliphatic heterocycles. The number of carbonyl (C=O) groups excluding carboxylic acids is 2. The maximum absolute atomic E-state index is 13.0. The zero-order valence-corrected chi connectivity index (χ0v) is 17.0. The summed E-state index contributed by atoms with van der Waals surface area (Å²) in [5.74, 6) is -0.764. The number of nitrogens with one attached hydrogen (secondary N) is 2. The molecule has 0 aliphatic carbocycles. The average Bonchev–Trinajstić information content (AvgIpc) is 2.61. The molecule has 2 rings (SSSR count). The van der Waals surface area contributed by atoms with Crippen molar-refractivity contribution in [1.29, 1.82) is 0 Å². The van der Waals surface area contributed by atoms with Gasteiger partial charge in [0.25, 0.3) is 5.91 Å². The predicted molar refractivity (Wildman–Crippen MR) is 108 cm³/mol. The van der Waals surface area contributed by atoms with Crippen molar-refractivity contribution >= 4 is 17.5 Å². The molecule has 150 valence electrons. The van der Waals surface area contributed by atoms with Gasteiger partial charge in [0.2, 0.25) is 5.91 Å². The zero-order valence-electron chi connectivity index (χ0n) is 17.0. The van der Waals surface area contributed by atoms with Crippen LogP contribution >= 0.6 is 0 Å². The van der Waals surface area contributed by atoms with Gasteiger partial charge in [-0.05, 0) is 45.0 Å². The van der Waals surface area contributed by atoms with Gasteiger partial charge < -0.3 is 15.1 Å². The second-order valence-corrected chi connectivity index (χ2v) is 8.00. The number of halogens is 1. The number of benzene rings is 2. The van der Waals surface area contributed by atoms with Crippen molar-refractivity contribution in [3.63, 3.8) is 0 Å². The van der Waals surface area contributed by atoms with E-state index in [4.69, 9.17) is 0 Å². The van der Waals surface area contributed by atoms with Crippen LogP contribution in [-0.2, 0) is 16.1 Å². The highest BCUT2D eigenvalue weighted by atomic mass is 19.1. The second-order valence-electron chi connectivity index (χ2n) is 8.00. The number of likely N-dealkylation sites (N-methyl/N-ethyl adjacent to an activating group) is 1. The van der Waals surface area contributed by atoms with Crippen LogP contribution in [0.4, 0.5) is 10.1 Å². The summed E-state index contributed by atoms with van der Waals surface area (Å²) in [5.41, 5.74) is 1.16. The van der Waals surface area contributed by atoms with E-state index in [-0.39, 0.29) is 30.7 Å². The van der Waals surface area contributed by atoms with Crippen molar-refractivity contribution in [3.8, 4) is 0 Å². The van der Waals surface area contributed by atoms with Gasteiger partial charge in [0.1, 0.15) is 18.9 Å². The predicted octanol–water partition coefficient (Wildman–Crippen LogP) is 2.11. The number of nitrogens with zero attached hydrogens (tertiary/aromatic N) is 1. The van der Waals surface area contributed by atoms with Crippen LogP contribution in [-0.4, -0.2) is 42.4 Å². The molecule has 2 aromatic carbocycles. The minimum Gasteiger partial charge on any atom is -0.326 e. The molecule has 1 atom stereocenters. The highest BCUT2D eigenvalue weighted by Crippen LogP contribution is 2.14. The van der Waals surface area contributed by atoms with E-state index in [0.29, 0.717) is 5.69 Å². The summed E-state index contributed by atoms with van der Waals surface area (Å²) in [6, 6.07) is 15.5. The topological polar surface area (TPSA) is 53.9 Å². The molecule has 0 heterocycles. The minimum atomic E-state index is -0.496. The fourth-order valence-corrected chi connectivity index (χ4v) is 2.94. The van der Waals surface area contributed by atoms with E-state index < -0.39 is 5.54 Å². The first-order valence-electron chi connectivity index (χ1n) is 9.36. The van der Waals surface area contributed by atoms with E-state index in [1.165, 1.54) is 24.3 Å². The second kappa shape index (κ2) is 9.46. The van der Waals surface area contributed by atoms with E-state index in [9.17, 15) is 14.0 Å². The van der Waals surface area contributed by atoms with Gasteiger partial charge in [-0.2, -0.15) is 0 Å². The number of carbonyl (C=O) groups is 2.